The largest absolute Gasteiger partial charge is 0.495 e. The van der Waals surface area contributed by atoms with Crippen molar-refractivity contribution in [1.29, 1.82) is 0 Å². The number of ether oxygens (including phenoxy) is 1. The summed E-state index contributed by atoms with van der Waals surface area (Å²) in [6.45, 7) is 0.349. The molecule has 0 aromatic heterocycles. The van der Waals surface area contributed by atoms with Gasteiger partial charge in [-0.25, -0.2) is 0 Å². The summed E-state index contributed by atoms with van der Waals surface area (Å²) < 4.78 is 6.25. The minimum atomic E-state index is -0.383. The number of carbonyl (C=O) groups is 2. The lowest BCUT2D eigenvalue weighted by Crippen LogP contribution is -2.28. The molecule has 0 spiro atoms. The maximum atomic E-state index is 12.4. The molecular weight excluding hydrogens is 372 g/mol. The van der Waals surface area contributed by atoms with Gasteiger partial charge in [-0.1, -0.05) is 28.1 Å². The number of nitrogens with zero attached hydrogens (tertiary/aromatic N) is 1. The molecule has 0 bridgehead atoms. The Morgan fingerprint density at radius 3 is 2.62 bits per heavy atom. The molecule has 1 N–H and O–H groups in total. The van der Waals surface area contributed by atoms with Gasteiger partial charge in [0.1, 0.15) is 5.75 Å². The van der Waals surface area contributed by atoms with Crippen LogP contribution < -0.4 is 15.0 Å². The molecule has 24 heavy (non-hydrogen) atoms. The summed E-state index contributed by atoms with van der Waals surface area (Å²) >= 11 is 3.36. The van der Waals surface area contributed by atoms with Crippen LogP contribution >= 0.6 is 15.9 Å². The Balaban J connectivity index is 1.72. The summed E-state index contributed by atoms with van der Waals surface area (Å²) in [6, 6.07) is 14.7. The standard InChI is InChI=1S/C18H17BrN2O3/c1-24-16-5-3-2-4-15(16)21-11-12(10-17(21)22)18(23)20-14-8-6-13(19)7-9-14/h2-9,12H,10-11H2,1H3,(H,20,23)/t12-/m1/s1. The summed E-state index contributed by atoms with van der Waals surface area (Å²) in [5, 5.41) is 2.86. The lowest BCUT2D eigenvalue weighted by molar-refractivity contribution is -0.122. The number of carbonyl (C=O) groups excluding carboxylic acids is 2. The number of hydrogen-bond donors (Lipinski definition) is 1. The molecule has 0 aliphatic carbocycles. The fourth-order valence-electron chi connectivity index (χ4n) is 2.75. The Morgan fingerprint density at radius 1 is 1.21 bits per heavy atom. The van der Waals surface area contributed by atoms with Gasteiger partial charge in [-0.15, -0.1) is 0 Å². The number of hydrogen-bond acceptors (Lipinski definition) is 3. The summed E-state index contributed by atoms with van der Waals surface area (Å²) in [5.74, 6) is 0.0180. The highest BCUT2D eigenvalue weighted by molar-refractivity contribution is 9.10. The molecule has 5 nitrogen and oxygen atoms in total. The maximum absolute atomic E-state index is 12.4. The first kappa shape index (κ1) is 16.5. The van der Waals surface area contributed by atoms with Gasteiger partial charge in [0.25, 0.3) is 0 Å². The number of methoxy groups -OCH3 is 1. The number of anilines is 2. The van der Waals surface area contributed by atoms with Crippen LogP contribution in [0.4, 0.5) is 11.4 Å². The van der Waals surface area contributed by atoms with E-state index in [0.717, 1.165) is 4.47 Å². The SMILES string of the molecule is COc1ccccc1N1C[C@H](C(=O)Nc2ccc(Br)cc2)CC1=O. The van der Waals surface area contributed by atoms with Gasteiger partial charge in [0.2, 0.25) is 11.8 Å². The Kier molecular flexibility index (Phi) is 4.85. The van der Waals surface area contributed by atoms with Crippen LogP contribution in [0.25, 0.3) is 0 Å². The Hall–Kier alpha value is -2.34. The van der Waals surface area contributed by atoms with E-state index in [9.17, 15) is 9.59 Å². The molecule has 1 fully saturated rings. The number of amides is 2. The summed E-state index contributed by atoms with van der Waals surface area (Å²) in [7, 11) is 1.57. The van der Waals surface area contributed by atoms with Crippen LogP contribution in [0.3, 0.4) is 0 Å². The van der Waals surface area contributed by atoms with E-state index in [1.165, 1.54) is 0 Å². The first-order chi connectivity index (χ1) is 11.6. The number of halogens is 1. The zero-order valence-corrected chi connectivity index (χ0v) is 14.7. The fraction of sp³-hybridized carbons (Fsp3) is 0.222. The Bertz CT molecular complexity index is 761. The maximum Gasteiger partial charge on any atom is 0.229 e. The van der Waals surface area contributed by atoms with Crippen LogP contribution in [0.15, 0.2) is 53.0 Å². The van der Waals surface area contributed by atoms with Gasteiger partial charge in [-0.3, -0.25) is 9.59 Å². The molecule has 0 unspecified atom stereocenters. The third kappa shape index (κ3) is 3.43. The topological polar surface area (TPSA) is 58.6 Å². The third-order valence-corrected chi connectivity index (χ3v) is 4.51. The number of benzene rings is 2. The van der Waals surface area contributed by atoms with E-state index in [1.54, 1.807) is 18.1 Å². The normalized spacial score (nSPS) is 17.0. The molecule has 0 radical (unpaired) electrons. The van der Waals surface area contributed by atoms with E-state index >= 15 is 0 Å². The third-order valence-electron chi connectivity index (χ3n) is 3.98. The monoisotopic (exact) mass is 388 g/mol. The molecule has 1 heterocycles. The average Bonchev–Trinajstić information content (AvgIpc) is 2.98. The molecule has 1 atom stereocenters. The zero-order valence-electron chi connectivity index (χ0n) is 13.2. The molecular formula is C18H17BrN2O3. The molecule has 124 valence electrons. The summed E-state index contributed by atoms with van der Waals surface area (Å²) in [4.78, 5) is 26.4. The van der Waals surface area contributed by atoms with Crippen molar-refractivity contribution in [3.8, 4) is 5.75 Å². The van der Waals surface area contributed by atoms with Crippen molar-refractivity contribution < 1.29 is 14.3 Å². The van der Waals surface area contributed by atoms with E-state index in [0.29, 0.717) is 23.7 Å². The summed E-state index contributed by atoms with van der Waals surface area (Å²) in [6.07, 6.45) is 0.195. The van der Waals surface area contributed by atoms with Gasteiger partial charge >= 0.3 is 0 Å². The van der Waals surface area contributed by atoms with Crippen molar-refractivity contribution in [3.63, 3.8) is 0 Å². The van der Waals surface area contributed by atoms with Crippen LogP contribution in [0.1, 0.15) is 6.42 Å². The van der Waals surface area contributed by atoms with Crippen molar-refractivity contribution in [3.05, 3.63) is 53.0 Å². The Labute approximate surface area is 148 Å². The minimum absolute atomic E-state index is 0.0737. The molecule has 1 saturated heterocycles. The van der Waals surface area contributed by atoms with Gasteiger partial charge in [0.05, 0.1) is 18.7 Å². The van der Waals surface area contributed by atoms with Gasteiger partial charge in [-0.2, -0.15) is 0 Å². The smallest absolute Gasteiger partial charge is 0.229 e. The van der Waals surface area contributed by atoms with Crippen LogP contribution in [-0.4, -0.2) is 25.5 Å². The lowest BCUT2D eigenvalue weighted by atomic mass is 10.1. The molecule has 1 aliphatic rings. The van der Waals surface area contributed by atoms with E-state index < -0.39 is 0 Å². The molecule has 2 amide bonds. The van der Waals surface area contributed by atoms with Crippen LogP contribution in [0.2, 0.25) is 0 Å². The van der Waals surface area contributed by atoms with Crippen molar-refractivity contribution in [1.82, 2.24) is 0 Å². The van der Waals surface area contributed by atoms with E-state index in [1.807, 2.05) is 42.5 Å². The zero-order chi connectivity index (χ0) is 17.1. The van der Waals surface area contributed by atoms with Crippen LogP contribution in [0, 0.1) is 5.92 Å². The molecule has 6 heteroatoms. The van der Waals surface area contributed by atoms with E-state index in [-0.39, 0.29) is 24.2 Å². The molecule has 3 rings (SSSR count). The van der Waals surface area contributed by atoms with Gasteiger partial charge in [0, 0.05) is 23.1 Å². The van der Waals surface area contributed by atoms with Crippen molar-refractivity contribution in [2.24, 2.45) is 5.92 Å². The average molecular weight is 389 g/mol. The Morgan fingerprint density at radius 2 is 1.92 bits per heavy atom. The van der Waals surface area contributed by atoms with Gasteiger partial charge in [0.15, 0.2) is 0 Å². The number of para-hydroxylation sites is 2. The second kappa shape index (κ2) is 7.05. The van der Waals surface area contributed by atoms with Crippen LogP contribution in [0.5, 0.6) is 5.75 Å². The lowest BCUT2D eigenvalue weighted by Gasteiger charge is -2.19. The van der Waals surface area contributed by atoms with Crippen molar-refractivity contribution in [2.45, 2.75) is 6.42 Å². The minimum Gasteiger partial charge on any atom is -0.495 e. The van der Waals surface area contributed by atoms with Gasteiger partial charge in [-0.05, 0) is 36.4 Å². The second-order valence-corrected chi connectivity index (χ2v) is 6.49. The number of rotatable bonds is 4. The van der Waals surface area contributed by atoms with E-state index in [2.05, 4.69) is 21.2 Å². The summed E-state index contributed by atoms with van der Waals surface area (Å²) in [5.41, 5.74) is 1.41. The quantitative estimate of drug-likeness (QED) is 0.872. The first-order valence-corrected chi connectivity index (χ1v) is 8.37. The highest BCUT2D eigenvalue weighted by atomic mass is 79.9. The van der Waals surface area contributed by atoms with Crippen molar-refractivity contribution in [2.75, 3.05) is 23.9 Å². The van der Waals surface area contributed by atoms with Crippen molar-refractivity contribution >= 4 is 39.1 Å². The van der Waals surface area contributed by atoms with E-state index in [4.69, 9.17) is 4.74 Å². The number of nitrogens with one attached hydrogen (secondary N) is 1. The predicted molar refractivity (Wildman–Crippen MR) is 96.2 cm³/mol. The van der Waals surface area contributed by atoms with Gasteiger partial charge < -0.3 is 15.0 Å². The highest BCUT2D eigenvalue weighted by Crippen LogP contribution is 2.33. The molecule has 1 aliphatic heterocycles. The fourth-order valence-corrected chi connectivity index (χ4v) is 3.01. The predicted octanol–water partition coefficient (Wildman–Crippen LogP) is 3.45. The highest BCUT2D eigenvalue weighted by Gasteiger charge is 2.36. The second-order valence-electron chi connectivity index (χ2n) is 5.57. The molecule has 0 saturated carbocycles. The van der Waals surface area contributed by atoms with Crippen LogP contribution in [-0.2, 0) is 9.59 Å². The molecule has 2 aromatic carbocycles. The first-order valence-electron chi connectivity index (χ1n) is 7.58. The molecule has 2 aromatic rings.